The predicted octanol–water partition coefficient (Wildman–Crippen LogP) is 1.29. The molecule has 1 rings (SSSR count). The van der Waals surface area contributed by atoms with Gasteiger partial charge in [0.1, 0.15) is 6.54 Å². The standard InChI is InChI=1S/C12H24N2O4S/c1-10-7-5-6-8-13(10)19(17,18)14(9-11(15)16)12(2,3)4/h10H,5-9H2,1-4H3,(H,15,16). The Balaban J connectivity index is 3.08. The van der Waals surface area contributed by atoms with Crippen LogP contribution in [0.3, 0.4) is 0 Å². The molecule has 1 aliphatic heterocycles. The molecule has 7 heteroatoms. The fourth-order valence-corrected chi connectivity index (χ4v) is 4.47. The Bertz CT molecular complexity index is 428. The quantitative estimate of drug-likeness (QED) is 0.847. The lowest BCUT2D eigenvalue weighted by molar-refractivity contribution is -0.138. The van der Waals surface area contributed by atoms with Crippen LogP contribution in [0.5, 0.6) is 0 Å². The second-order valence-electron chi connectivity index (χ2n) is 6.03. The maximum atomic E-state index is 12.7. The smallest absolute Gasteiger partial charge is 0.318 e. The molecule has 6 nitrogen and oxygen atoms in total. The minimum Gasteiger partial charge on any atom is -0.480 e. The molecule has 0 aromatic heterocycles. The number of carbonyl (C=O) groups is 1. The molecular formula is C12H24N2O4S. The zero-order chi connectivity index (χ0) is 14.8. The van der Waals surface area contributed by atoms with Crippen LogP contribution in [0.1, 0.15) is 47.0 Å². The van der Waals surface area contributed by atoms with Crippen LogP contribution in [0.4, 0.5) is 0 Å². The van der Waals surface area contributed by atoms with Crippen molar-refractivity contribution >= 4 is 16.2 Å². The van der Waals surface area contributed by atoms with Gasteiger partial charge in [-0.05, 0) is 40.5 Å². The van der Waals surface area contributed by atoms with Crippen molar-refractivity contribution in [3.63, 3.8) is 0 Å². The first-order valence-electron chi connectivity index (χ1n) is 6.58. The minimum atomic E-state index is -3.74. The molecule has 0 aromatic rings. The van der Waals surface area contributed by atoms with Crippen LogP contribution in [0, 0.1) is 0 Å². The number of aliphatic carboxylic acids is 1. The van der Waals surface area contributed by atoms with Gasteiger partial charge < -0.3 is 5.11 Å². The highest BCUT2D eigenvalue weighted by Gasteiger charge is 2.40. The van der Waals surface area contributed by atoms with Gasteiger partial charge in [0.25, 0.3) is 10.2 Å². The van der Waals surface area contributed by atoms with E-state index in [2.05, 4.69) is 0 Å². The van der Waals surface area contributed by atoms with Crippen LogP contribution >= 0.6 is 0 Å². The Morgan fingerprint density at radius 2 is 1.95 bits per heavy atom. The Morgan fingerprint density at radius 3 is 2.37 bits per heavy atom. The van der Waals surface area contributed by atoms with E-state index in [9.17, 15) is 13.2 Å². The average Bonchev–Trinajstić information content (AvgIpc) is 2.24. The summed E-state index contributed by atoms with van der Waals surface area (Å²) in [5.74, 6) is -1.14. The third kappa shape index (κ3) is 3.90. The van der Waals surface area contributed by atoms with E-state index in [1.807, 2.05) is 6.92 Å². The van der Waals surface area contributed by atoms with Crippen molar-refractivity contribution in [2.45, 2.75) is 58.5 Å². The molecule has 1 heterocycles. The molecule has 1 saturated heterocycles. The number of carboxylic acid groups (broad SMARTS) is 1. The van der Waals surface area contributed by atoms with Gasteiger partial charge in [-0.25, -0.2) is 0 Å². The first kappa shape index (κ1) is 16.4. The molecule has 0 aromatic carbocycles. The van der Waals surface area contributed by atoms with Crippen molar-refractivity contribution in [1.82, 2.24) is 8.61 Å². The van der Waals surface area contributed by atoms with Gasteiger partial charge in [-0.3, -0.25) is 4.79 Å². The van der Waals surface area contributed by atoms with Gasteiger partial charge in [0.15, 0.2) is 0 Å². The molecule has 0 amide bonds. The molecule has 1 fully saturated rings. The second-order valence-corrected chi connectivity index (χ2v) is 7.84. The lowest BCUT2D eigenvalue weighted by atomic mass is 10.1. The van der Waals surface area contributed by atoms with Crippen LogP contribution in [0.2, 0.25) is 0 Å². The first-order valence-corrected chi connectivity index (χ1v) is 7.98. The molecule has 0 radical (unpaired) electrons. The van der Waals surface area contributed by atoms with E-state index in [-0.39, 0.29) is 6.04 Å². The first-order chi connectivity index (χ1) is 8.56. The zero-order valence-corrected chi connectivity index (χ0v) is 12.9. The SMILES string of the molecule is CC1CCCCN1S(=O)(=O)N(CC(=O)O)C(C)(C)C. The van der Waals surface area contributed by atoms with E-state index >= 15 is 0 Å². The zero-order valence-electron chi connectivity index (χ0n) is 12.1. The minimum absolute atomic E-state index is 0.0719. The molecule has 19 heavy (non-hydrogen) atoms. The lowest BCUT2D eigenvalue weighted by Gasteiger charge is -2.40. The highest BCUT2D eigenvalue weighted by Crippen LogP contribution is 2.26. The van der Waals surface area contributed by atoms with E-state index in [4.69, 9.17) is 5.11 Å². The summed E-state index contributed by atoms with van der Waals surface area (Å²) < 4.78 is 27.8. The lowest BCUT2D eigenvalue weighted by Crippen LogP contribution is -2.56. The summed E-state index contributed by atoms with van der Waals surface area (Å²) in [5, 5.41) is 8.95. The fraction of sp³-hybridized carbons (Fsp3) is 0.917. The van der Waals surface area contributed by atoms with Crippen molar-refractivity contribution in [3.8, 4) is 0 Å². The molecule has 112 valence electrons. The number of piperidine rings is 1. The largest absolute Gasteiger partial charge is 0.480 e. The molecule has 0 aliphatic carbocycles. The number of rotatable bonds is 4. The van der Waals surface area contributed by atoms with Crippen LogP contribution in [0.25, 0.3) is 0 Å². The molecule has 1 aliphatic rings. The maximum absolute atomic E-state index is 12.7. The van der Waals surface area contributed by atoms with Crippen molar-refractivity contribution in [3.05, 3.63) is 0 Å². The molecule has 0 spiro atoms. The highest BCUT2D eigenvalue weighted by atomic mass is 32.2. The van der Waals surface area contributed by atoms with E-state index in [0.717, 1.165) is 23.6 Å². The number of hydrogen-bond acceptors (Lipinski definition) is 3. The normalized spacial score (nSPS) is 22.7. The summed E-state index contributed by atoms with van der Waals surface area (Å²) in [5.41, 5.74) is -0.756. The van der Waals surface area contributed by atoms with Crippen LogP contribution < -0.4 is 0 Å². The summed E-state index contributed by atoms with van der Waals surface area (Å²) in [7, 11) is -3.74. The predicted molar refractivity (Wildman–Crippen MR) is 73.0 cm³/mol. The van der Waals surface area contributed by atoms with Crippen LogP contribution in [-0.2, 0) is 15.0 Å². The van der Waals surface area contributed by atoms with Gasteiger partial charge in [0, 0.05) is 18.1 Å². The van der Waals surface area contributed by atoms with E-state index in [0.29, 0.717) is 6.54 Å². The maximum Gasteiger partial charge on any atom is 0.318 e. The molecule has 1 atom stereocenters. The van der Waals surface area contributed by atoms with Crippen molar-refractivity contribution < 1.29 is 18.3 Å². The summed E-state index contributed by atoms with van der Waals surface area (Å²) in [4.78, 5) is 10.9. The van der Waals surface area contributed by atoms with Gasteiger partial charge in [-0.2, -0.15) is 17.0 Å². The van der Waals surface area contributed by atoms with Gasteiger partial charge in [-0.15, -0.1) is 0 Å². The topological polar surface area (TPSA) is 77.9 Å². The van der Waals surface area contributed by atoms with Crippen LogP contribution in [0.15, 0.2) is 0 Å². The molecule has 0 saturated carbocycles. The van der Waals surface area contributed by atoms with Crippen molar-refractivity contribution in [2.75, 3.05) is 13.1 Å². The van der Waals surface area contributed by atoms with Crippen molar-refractivity contribution in [1.29, 1.82) is 0 Å². The molecule has 1 N–H and O–H groups in total. The fourth-order valence-electron chi connectivity index (χ4n) is 2.33. The van der Waals surface area contributed by atoms with E-state index in [1.54, 1.807) is 20.8 Å². The third-order valence-corrected chi connectivity index (χ3v) is 5.71. The summed E-state index contributed by atoms with van der Waals surface area (Å²) in [6.07, 6.45) is 2.67. The summed E-state index contributed by atoms with van der Waals surface area (Å²) >= 11 is 0. The number of carboxylic acids is 1. The van der Waals surface area contributed by atoms with Gasteiger partial charge >= 0.3 is 5.97 Å². The van der Waals surface area contributed by atoms with Gasteiger partial charge in [0.05, 0.1) is 0 Å². The summed E-state index contributed by atoms with van der Waals surface area (Å²) in [6, 6.07) is -0.0719. The second kappa shape index (κ2) is 5.76. The summed E-state index contributed by atoms with van der Waals surface area (Å²) in [6.45, 7) is 6.97. The third-order valence-electron chi connectivity index (χ3n) is 3.34. The van der Waals surface area contributed by atoms with Crippen LogP contribution in [-0.4, -0.2) is 52.8 Å². The Hall–Kier alpha value is -0.660. The Labute approximate surface area is 115 Å². The Kier molecular flexibility index (Phi) is 4.97. The Morgan fingerprint density at radius 1 is 1.37 bits per heavy atom. The van der Waals surface area contributed by atoms with E-state index in [1.165, 1.54) is 4.31 Å². The van der Waals surface area contributed by atoms with Gasteiger partial charge in [-0.1, -0.05) is 6.42 Å². The highest BCUT2D eigenvalue weighted by molar-refractivity contribution is 7.86. The monoisotopic (exact) mass is 292 g/mol. The molecular weight excluding hydrogens is 268 g/mol. The number of hydrogen-bond donors (Lipinski definition) is 1. The molecule has 0 bridgehead atoms. The molecule has 1 unspecified atom stereocenters. The number of nitrogens with zero attached hydrogens (tertiary/aromatic N) is 2. The van der Waals surface area contributed by atoms with Gasteiger partial charge in [0.2, 0.25) is 0 Å². The van der Waals surface area contributed by atoms with Crippen molar-refractivity contribution in [2.24, 2.45) is 0 Å². The average molecular weight is 292 g/mol. The van der Waals surface area contributed by atoms with E-state index < -0.39 is 28.3 Å².